The lowest BCUT2D eigenvalue weighted by atomic mass is 9.93. The number of amides is 1. The van der Waals surface area contributed by atoms with Crippen LogP contribution in [-0.4, -0.2) is 60.1 Å². The minimum absolute atomic E-state index is 0. The lowest BCUT2D eigenvalue weighted by molar-refractivity contribution is -0.118. The summed E-state index contributed by atoms with van der Waals surface area (Å²) in [6.45, 7) is 0.0263. The van der Waals surface area contributed by atoms with Gasteiger partial charge in [0.2, 0.25) is 15.9 Å². The quantitative estimate of drug-likeness (QED) is 0.374. The van der Waals surface area contributed by atoms with Gasteiger partial charge in [0.1, 0.15) is 11.6 Å². The van der Waals surface area contributed by atoms with Crippen molar-refractivity contribution < 1.29 is 32.4 Å². The Morgan fingerprint density at radius 3 is 2.58 bits per heavy atom. The van der Waals surface area contributed by atoms with Gasteiger partial charge in [0, 0.05) is 28.0 Å². The van der Waals surface area contributed by atoms with Crippen molar-refractivity contribution in [3.8, 4) is 17.0 Å². The van der Waals surface area contributed by atoms with Crippen LogP contribution in [0.2, 0.25) is 0 Å². The molecule has 5 rings (SSSR count). The van der Waals surface area contributed by atoms with E-state index in [0.29, 0.717) is 54.2 Å². The molecule has 38 heavy (non-hydrogen) atoms. The first-order chi connectivity index (χ1) is 18.3. The molecule has 2 heterocycles. The molecule has 2 aliphatic rings. The average Bonchev–Trinajstić information content (AvgIpc) is 3.62. The number of carbonyl (C=O) groups excluding carboxylic acids is 1. The number of carbonyl (C=O) groups is 1. The minimum Gasteiger partial charge on any atom is -0.496 e. The van der Waals surface area contributed by atoms with Gasteiger partial charge in [-0.15, -0.1) is 0 Å². The second-order valence-electron chi connectivity index (χ2n) is 9.75. The van der Waals surface area contributed by atoms with Crippen LogP contribution in [0.15, 0.2) is 65.6 Å². The standard InChI is InChI=1S/C28H31N3O6S.3H2/c1-37-25-12-9-21(16-20(25)17-32)28(13-14-28)27(34)30-26-6-2-5-24(29-26)19-7-10-23(11-8-19)38(35,36)31-15-3-4-22(31)18-33;;;/h2,5-12,16,22,32-33H,3-4,13-15,17-18H2,1H3,(H,29,30,34);3*1H/t22-;;;/m1.../s1. The zero-order valence-electron chi connectivity index (χ0n) is 21.1. The molecule has 10 heteroatoms. The SMILES string of the molecule is COc1ccc(C2(C(=O)Nc3cccc(-c4ccc(S(=O)(=O)N5CCC[C@@H]5CO)cc4)n3)CC2)cc1CO.[HH].[HH].[HH]. The summed E-state index contributed by atoms with van der Waals surface area (Å²) in [6, 6.07) is 16.8. The zero-order valence-corrected chi connectivity index (χ0v) is 21.9. The van der Waals surface area contributed by atoms with Crippen LogP contribution in [0.1, 0.15) is 41.1 Å². The monoisotopic (exact) mass is 543 g/mol. The predicted octanol–water partition coefficient (Wildman–Crippen LogP) is 3.80. The van der Waals surface area contributed by atoms with E-state index in [2.05, 4.69) is 10.3 Å². The Bertz CT molecular complexity index is 1450. The Kier molecular flexibility index (Phi) is 7.23. The number of ether oxygens (including phenoxy) is 1. The number of rotatable bonds is 9. The first-order valence-corrected chi connectivity index (χ1v) is 14.1. The summed E-state index contributed by atoms with van der Waals surface area (Å²) in [5.41, 5.74) is 2.09. The summed E-state index contributed by atoms with van der Waals surface area (Å²) in [7, 11) is -2.16. The lowest BCUT2D eigenvalue weighted by Crippen LogP contribution is -2.37. The van der Waals surface area contributed by atoms with Gasteiger partial charge < -0.3 is 20.3 Å². The third-order valence-electron chi connectivity index (χ3n) is 7.47. The number of anilines is 1. The normalized spacial score (nSPS) is 18.8. The molecule has 0 radical (unpaired) electrons. The molecule has 206 valence electrons. The Balaban J connectivity index is 0.00000196. The summed E-state index contributed by atoms with van der Waals surface area (Å²) in [6.07, 6.45) is 2.77. The average molecular weight is 544 g/mol. The van der Waals surface area contributed by atoms with E-state index < -0.39 is 15.4 Å². The topological polar surface area (TPSA) is 129 Å². The van der Waals surface area contributed by atoms with Crippen LogP contribution in [0.25, 0.3) is 11.3 Å². The van der Waals surface area contributed by atoms with Crippen molar-refractivity contribution in [1.29, 1.82) is 0 Å². The number of sulfonamides is 1. The fourth-order valence-electron chi connectivity index (χ4n) is 5.11. The van der Waals surface area contributed by atoms with Gasteiger partial charge in [-0.2, -0.15) is 4.31 Å². The smallest absolute Gasteiger partial charge is 0.243 e. The van der Waals surface area contributed by atoms with E-state index in [-0.39, 0.29) is 34.3 Å². The zero-order chi connectivity index (χ0) is 26.9. The number of benzene rings is 2. The van der Waals surface area contributed by atoms with Gasteiger partial charge in [-0.3, -0.25) is 4.79 Å². The number of aromatic nitrogens is 1. The van der Waals surface area contributed by atoms with Gasteiger partial charge in [0.25, 0.3) is 0 Å². The minimum atomic E-state index is -3.70. The van der Waals surface area contributed by atoms with Crippen molar-refractivity contribution in [1.82, 2.24) is 9.29 Å². The molecule has 3 aromatic rings. The largest absolute Gasteiger partial charge is 0.496 e. The van der Waals surface area contributed by atoms with Gasteiger partial charge >= 0.3 is 0 Å². The Hall–Kier alpha value is -3.31. The molecule has 3 N–H and O–H groups in total. The highest BCUT2D eigenvalue weighted by Gasteiger charge is 2.51. The number of methoxy groups -OCH3 is 1. The van der Waals surface area contributed by atoms with Crippen LogP contribution in [-0.2, 0) is 26.8 Å². The van der Waals surface area contributed by atoms with E-state index in [1.165, 1.54) is 4.31 Å². The molecule has 0 bridgehead atoms. The van der Waals surface area contributed by atoms with Crippen molar-refractivity contribution in [3.05, 3.63) is 71.8 Å². The molecule has 2 aromatic carbocycles. The van der Waals surface area contributed by atoms with Crippen LogP contribution >= 0.6 is 0 Å². The van der Waals surface area contributed by atoms with Crippen molar-refractivity contribution in [2.75, 3.05) is 25.6 Å². The summed E-state index contributed by atoms with van der Waals surface area (Å²) in [5, 5.41) is 22.1. The number of aliphatic hydroxyl groups is 2. The van der Waals surface area contributed by atoms with Crippen LogP contribution < -0.4 is 10.1 Å². The van der Waals surface area contributed by atoms with Gasteiger partial charge in [-0.1, -0.05) is 24.3 Å². The predicted molar refractivity (Wildman–Crippen MR) is 148 cm³/mol. The van der Waals surface area contributed by atoms with Crippen molar-refractivity contribution in [2.45, 2.75) is 48.6 Å². The fourth-order valence-corrected chi connectivity index (χ4v) is 6.80. The van der Waals surface area contributed by atoms with Crippen LogP contribution in [0.5, 0.6) is 5.75 Å². The number of pyridine rings is 1. The number of nitrogens with zero attached hydrogens (tertiary/aromatic N) is 2. The summed E-state index contributed by atoms with van der Waals surface area (Å²) < 4.78 is 32.8. The van der Waals surface area contributed by atoms with Gasteiger partial charge in [0.15, 0.2) is 0 Å². The number of hydrogen-bond donors (Lipinski definition) is 3. The summed E-state index contributed by atoms with van der Waals surface area (Å²) in [4.78, 5) is 18.1. The molecule has 2 fully saturated rings. The summed E-state index contributed by atoms with van der Waals surface area (Å²) in [5.74, 6) is 0.810. The molecule has 0 spiro atoms. The van der Waals surface area contributed by atoms with E-state index in [4.69, 9.17) is 4.74 Å². The first kappa shape index (κ1) is 26.3. The van der Waals surface area contributed by atoms with Crippen LogP contribution in [0.3, 0.4) is 0 Å². The van der Waals surface area contributed by atoms with Crippen molar-refractivity contribution in [3.63, 3.8) is 0 Å². The Labute approximate surface area is 226 Å². The number of hydrogen-bond acceptors (Lipinski definition) is 7. The first-order valence-electron chi connectivity index (χ1n) is 12.6. The fraction of sp³-hybridized carbons (Fsp3) is 0.357. The molecule has 1 amide bonds. The molecule has 1 aliphatic heterocycles. The van der Waals surface area contributed by atoms with Gasteiger partial charge in [-0.05, 0) is 67.6 Å². The number of aliphatic hydroxyl groups excluding tert-OH is 2. The van der Waals surface area contributed by atoms with E-state index in [9.17, 15) is 23.4 Å². The molecular formula is C28H37N3O6S. The van der Waals surface area contributed by atoms with E-state index in [1.807, 2.05) is 12.1 Å². The second-order valence-corrected chi connectivity index (χ2v) is 11.6. The van der Waals surface area contributed by atoms with Gasteiger partial charge in [-0.25, -0.2) is 13.4 Å². The highest BCUT2D eigenvalue weighted by atomic mass is 32.2. The van der Waals surface area contributed by atoms with Crippen molar-refractivity contribution >= 4 is 21.7 Å². The molecule has 0 unspecified atom stereocenters. The maximum atomic E-state index is 13.3. The second kappa shape index (κ2) is 10.5. The van der Waals surface area contributed by atoms with E-state index in [1.54, 1.807) is 55.6 Å². The molecule has 1 aromatic heterocycles. The lowest BCUT2D eigenvalue weighted by Gasteiger charge is -2.22. The third-order valence-corrected chi connectivity index (χ3v) is 9.44. The highest BCUT2D eigenvalue weighted by molar-refractivity contribution is 7.89. The van der Waals surface area contributed by atoms with E-state index in [0.717, 1.165) is 12.0 Å². The molecular weight excluding hydrogens is 506 g/mol. The van der Waals surface area contributed by atoms with Gasteiger partial charge in [0.05, 0.1) is 36.3 Å². The van der Waals surface area contributed by atoms with E-state index >= 15 is 0 Å². The molecule has 1 saturated carbocycles. The summed E-state index contributed by atoms with van der Waals surface area (Å²) >= 11 is 0. The van der Waals surface area contributed by atoms with Crippen LogP contribution in [0, 0.1) is 0 Å². The molecule has 1 aliphatic carbocycles. The maximum absolute atomic E-state index is 13.3. The third kappa shape index (κ3) is 4.80. The Morgan fingerprint density at radius 1 is 1.16 bits per heavy atom. The maximum Gasteiger partial charge on any atom is 0.243 e. The van der Waals surface area contributed by atoms with Crippen LogP contribution in [0.4, 0.5) is 5.82 Å². The van der Waals surface area contributed by atoms with Crippen molar-refractivity contribution in [2.24, 2.45) is 0 Å². The molecule has 1 atom stereocenters. The highest BCUT2D eigenvalue weighted by Crippen LogP contribution is 2.49. The molecule has 9 nitrogen and oxygen atoms in total. The molecule has 1 saturated heterocycles. The Morgan fingerprint density at radius 2 is 1.92 bits per heavy atom. The number of nitrogens with one attached hydrogen (secondary N) is 1.